The number of piperazine rings is 1. The molecule has 0 spiro atoms. The van der Waals surface area contributed by atoms with Gasteiger partial charge in [-0.15, -0.1) is 0 Å². The maximum Gasteiger partial charge on any atom is 0.0309 e. The molecule has 2 rings (SSSR count). The predicted molar refractivity (Wildman–Crippen MR) is 87.0 cm³/mol. The molecular weight excluding hydrogens is 252 g/mol. The van der Waals surface area contributed by atoms with Crippen LogP contribution in [0.1, 0.15) is 52.4 Å². The highest BCUT2D eigenvalue weighted by atomic mass is 32.2. The van der Waals surface area contributed by atoms with Crippen LogP contribution in [0, 0.1) is 5.92 Å². The molecular formula is C16H32N2S. The minimum absolute atomic E-state index is 0.408. The molecule has 2 nitrogen and oxygen atoms in total. The van der Waals surface area contributed by atoms with Crippen molar-refractivity contribution in [2.45, 2.75) is 64.0 Å². The minimum atomic E-state index is 0.408. The van der Waals surface area contributed by atoms with Crippen molar-refractivity contribution >= 4 is 11.8 Å². The van der Waals surface area contributed by atoms with Crippen molar-refractivity contribution in [2.24, 2.45) is 5.92 Å². The van der Waals surface area contributed by atoms with E-state index in [9.17, 15) is 0 Å². The van der Waals surface area contributed by atoms with E-state index >= 15 is 0 Å². The largest absolute Gasteiger partial charge is 0.308 e. The van der Waals surface area contributed by atoms with Gasteiger partial charge in [0.15, 0.2) is 0 Å². The minimum Gasteiger partial charge on any atom is -0.308 e. The quantitative estimate of drug-likeness (QED) is 0.688. The Morgan fingerprint density at radius 1 is 1.21 bits per heavy atom. The molecule has 3 heteroatoms. The summed E-state index contributed by atoms with van der Waals surface area (Å²) in [5.41, 5.74) is 0.408. The predicted octanol–water partition coefficient (Wildman–Crippen LogP) is 3.37. The van der Waals surface area contributed by atoms with E-state index in [1.807, 2.05) is 11.8 Å². The molecule has 19 heavy (non-hydrogen) atoms. The topological polar surface area (TPSA) is 15.3 Å². The summed E-state index contributed by atoms with van der Waals surface area (Å²) in [6.45, 7) is 8.59. The third-order valence-corrected chi connectivity index (χ3v) is 5.68. The summed E-state index contributed by atoms with van der Waals surface area (Å²) in [6, 6.07) is 0.720. The van der Waals surface area contributed by atoms with Crippen LogP contribution in [0.4, 0.5) is 0 Å². The van der Waals surface area contributed by atoms with E-state index in [-0.39, 0.29) is 0 Å². The zero-order valence-corrected chi connectivity index (χ0v) is 13.9. The monoisotopic (exact) mass is 284 g/mol. The molecule has 2 atom stereocenters. The standard InChI is InChI=1S/C16H32N2S/c1-14-12-17-16(2,15-8-9-15)13-18(14)10-6-4-5-7-11-19-3/h14-15,17H,4-13H2,1-3H3. The summed E-state index contributed by atoms with van der Waals surface area (Å²) in [4.78, 5) is 2.74. The third kappa shape index (κ3) is 4.64. The number of nitrogens with zero attached hydrogens (tertiary/aromatic N) is 1. The van der Waals surface area contributed by atoms with E-state index in [0.717, 1.165) is 12.0 Å². The van der Waals surface area contributed by atoms with Crippen LogP contribution in [0.3, 0.4) is 0 Å². The first kappa shape index (κ1) is 15.7. The van der Waals surface area contributed by atoms with Gasteiger partial charge in [-0.05, 0) is 64.0 Å². The van der Waals surface area contributed by atoms with Gasteiger partial charge in [-0.2, -0.15) is 11.8 Å². The van der Waals surface area contributed by atoms with E-state index in [0.29, 0.717) is 5.54 Å². The van der Waals surface area contributed by atoms with E-state index < -0.39 is 0 Å². The van der Waals surface area contributed by atoms with Gasteiger partial charge in [0.05, 0.1) is 0 Å². The molecule has 1 aliphatic carbocycles. The Kier molecular flexibility index (Phi) is 6.04. The Morgan fingerprint density at radius 2 is 1.95 bits per heavy atom. The lowest BCUT2D eigenvalue weighted by atomic mass is 9.91. The number of nitrogens with one attached hydrogen (secondary N) is 1. The summed E-state index contributed by atoms with van der Waals surface area (Å²) < 4.78 is 0. The van der Waals surface area contributed by atoms with E-state index in [1.54, 1.807) is 0 Å². The summed E-state index contributed by atoms with van der Waals surface area (Å²) in [6.07, 6.45) is 10.7. The van der Waals surface area contributed by atoms with Crippen molar-refractivity contribution in [3.63, 3.8) is 0 Å². The van der Waals surface area contributed by atoms with Gasteiger partial charge in [-0.25, -0.2) is 0 Å². The summed E-state index contributed by atoms with van der Waals surface area (Å²) >= 11 is 1.98. The molecule has 2 unspecified atom stereocenters. The average molecular weight is 285 g/mol. The Morgan fingerprint density at radius 3 is 2.63 bits per heavy atom. The molecule has 0 amide bonds. The second kappa shape index (κ2) is 7.33. The fourth-order valence-electron chi connectivity index (χ4n) is 3.35. The lowest BCUT2D eigenvalue weighted by Gasteiger charge is -2.45. The van der Waals surface area contributed by atoms with Gasteiger partial charge < -0.3 is 5.32 Å². The normalized spacial score (nSPS) is 32.7. The fourth-order valence-corrected chi connectivity index (χ4v) is 3.84. The third-order valence-electron chi connectivity index (χ3n) is 4.98. The molecule has 0 bridgehead atoms. The molecule has 0 aromatic rings. The van der Waals surface area contributed by atoms with E-state index in [2.05, 4.69) is 30.3 Å². The highest BCUT2D eigenvalue weighted by molar-refractivity contribution is 7.98. The number of rotatable bonds is 8. The van der Waals surface area contributed by atoms with Crippen LogP contribution in [0.5, 0.6) is 0 Å². The molecule has 1 aliphatic heterocycles. The first-order valence-electron chi connectivity index (χ1n) is 8.14. The number of hydrogen-bond acceptors (Lipinski definition) is 3. The second-order valence-electron chi connectivity index (χ2n) is 6.80. The Hall–Kier alpha value is 0.270. The number of thioether (sulfide) groups is 1. The highest BCUT2D eigenvalue weighted by Gasteiger charge is 2.44. The molecule has 0 radical (unpaired) electrons. The van der Waals surface area contributed by atoms with Crippen LogP contribution in [0.25, 0.3) is 0 Å². The second-order valence-corrected chi connectivity index (χ2v) is 7.78. The van der Waals surface area contributed by atoms with Crippen LogP contribution in [0.2, 0.25) is 0 Å². The summed E-state index contributed by atoms with van der Waals surface area (Å²) in [5, 5.41) is 3.81. The zero-order chi connectivity index (χ0) is 13.7. The maximum absolute atomic E-state index is 3.81. The highest BCUT2D eigenvalue weighted by Crippen LogP contribution is 2.41. The van der Waals surface area contributed by atoms with E-state index in [4.69, 9.17) is 0 Å². The van der Waals surface area contributed by atoms with Gasteiger partial charge in [0, 0.05) is 24.7 Å². The molecule has 0 aromatic heterocycles. The molecule has 2 aliphatic rings. The zero-order valence-electron chi connectivity index (χ0n) is 13.1. The first-order chi connectivity index (χ1) is 9.15. The van der Waals surface area contributed by atoms with Crippen molar-refractivity contribution in [2.75, 3.05) is 31.6 Å². The van der Waals surface area contributed by atoms with Gasteiger partial charge in [-0.3, -0.25) is 4.90 Å². The molecule has 1 saturated carbocycles. The van der Waals surface area contributed by atoms with Gasteiger partial charge >= 0.3 is 0 Å². The van der Waals surface area contributed by atoms with E-state index in [1.165, 1.54) is 63.9 Å². The lowest BCUT2D eigenvalue weighted by Crippen LogP contribution is -2.63. The van der Waals surface area contributed by atoms with Crippen LogP contribution >= 0.6 is 11.8 Å². The maximum atomic E-state index is 3.81. The summed E-state index contributed by atoms with van der Waals surface area (Å²) in [5.74, 6) is 2.29. The van der Waals surface area contributed by atoms with Crippen LogP contribution in [0.15, 0.2) is 0 Å². The number of unbranched alkanes of at least 4 members (excludes halogenated alkanes) is 3. The van der Waals surface area contributed by atoms with Crippen molar-refractivity contribution in [3.05, 3.63) is 0 Å². The average Bonchev–Trinajstić information content (AvgIpc) is 3.22. The Balaban J connectivity index is 1.66. The molecule has 1 N–H and O–H groups in total. The fraction of sp³-hybridized carbons (Fsp3) is 1.00. The Labute approximate surface area is 124 Å². The van der Waals surface area contributed by atoms with Gasteiger partial charge in [0.25, 0.3) is 0 Å². The SMILES string of the molecule is CSCCCCCCN1CC(C)(C2CC2)NCC1C. The van der Waals surface area contributed by atoms with Crippen LogP contribution in [-0.4, -0.2) is 48.1 Å². The smallest absolute Gasteiger partial charge is 0.0309 e. The van der Waals surface area contributed by atoms with Crippen LogP contribution < -0.4 is 5.32 Å². The molecule has 2 fully saturated rings. The molecule has 0 aromatic carbocycles. The molecule has 112 valence electrons. The molecule has 1 heterocycles. The lowest BCUT2D eigenvalue weighted by molar-refractivity contribution is 0.0817. The van der Waals surface area contributed by atoms with Crippen molar-refractivity contribution in [3.8, 4) is 0 Å². The van der Waals surface area contributed by atoms with Crippen LogP contribution in [-0.2, 0) is 0 Å². The van der Waals surface area contributed by atoms with Crippen molar-refractivity contribution in [1.82, 2.24) is 10.2 Å². The first-order valence-corrected chi connectivity index (χ1v) is 9.53. The van der Waals surface area contributed by atoms with Gasteiger partial charge in [0.2, 0.25) is 0 Å². The summed E-state index contributed by atoms with van der Waals surface area (Å²) in [7, 11) is 0. The van der Waals surface area contributed by atoms with Gasteiger partial charge in [0.1, 0.15) is 0 Å². The van der Waals surface area contributed by atoms with Crippen molar-refractivity contribution in [1.29, 1.82) is 0 Å². The van der Waals surface area contributed by atoms with Crippen molar-refractivity contribution < 1.29 is 0 Å². The molecule has 1 saturated heterocycles. The van der Waals surface area contributed by atoms with Gasteiger partial charge in [-0.1, -0.05) is 12.8 Å². The number of hydrogen-bond donors (Lipinski definition) is 1. The Bertz CT molecular complexity index is 267.